The van der Waals surface area contributed by atoms with Gasteiger partial charge in [0.1, 0.15) is 0 Å². The Balaban J connectivity index is 1.91. The third-order valence-corrected chi connectivity index (χ3v) is 5.38. The van der Waals surface area contributed by atoms with Gasteiger partial charge in [-0.2, -0.15) is 5.10 Å². The molecule has 6 nitrogen and oxygen atoms in total. The number of amides is 2. The van der Waals surface area contributed by atoms with E-state index in [4.69, 9.17) is 0 Å². The number of rotatable bonds is 5. The fourth-order valence-electron chi connectivity index (χ4n) is 2.09. The van der Waals surface area contributed by atoms with Crippen LogP contribution in [0.5, 0.6) is 0 Å². The Labute approximate surface area is 145 Å². The Morgan fingerprint density at radius 2 is 2.04 bits per heavy atom. The molecule has 0 aliphatic heterocycles. The predicted molar refractivity (Wildman–Crippen MR) is 98.1 cm³/mol. The molecule has 1 heterocycles. The number of carbonyl (C=O) groups is 1. The number of carbonyl (C=O) groups excluding carboxylic acids is 1. The highest BCUT2D eigenvalue weighted by Gasteiger charge is 2.18. The van der Waals surface area contributed by atoms with Crippen LogP contribution in [0, 0.1) is 6.92 Å². The molecule has 0 saturated heterocycles. The van der Waals surface area contributed by atoms with Gasteiger partial charge in [-0.1, -0.05) is 6.07 Å². The lowest BCUT2D eigenvalue weighted by Gasteiger charge is -2.17. The number of nitrogens with one attached hydrogen (secondary N) is 2. The van der Waals surface area contributed by atoms with Gasteiger partial charge in [0.15, 0.2) is 0 Å². The van der Waals surface area contributed by atoms with Crippen molar-refractivity contribution < 1.29 is 9.00 Å². The number of nitrogens with zero attached hydrogens (tertiary/aromatic N) is 2. The minimum Gasteiger partial charge on any atom is -0.337 e. The van der Waals surface area contributed by atoms with E-state index >= 15 is 0 Å². The maximum atomic E-state index is 12.0. The highest BCUT2D eigenvalue weighted by molar-refractivity contribution is 7.86. The number of aromatic nitrogens is 2. The van der Waals surface area contributed by atoms with Crippen molar-refractivity contribution in [3.8, 4) is 5.69 Å². The molecular weight excluding hydrogens is 324 g/mol. The van der Waals surface area contributed by atoms with Crippen LogP contribution in [0.15, 0.2) is 36.5 Å². The molecule has 0 bridgehead atoms. The molecule has 0 spiro atoms. The molecular formula is C17H24N4O2S. The van der Waals surface area contributed by atoms with E-state index < -0.39 is 10.8 Å². The van der Waals surface area contributed by atoms with Gasteiger partial charge in [0, 0.05) is 45.4 Å². The molecule has 2 amide bonds. The Morgan fingerprint density at radius 1 is 1.29 bits per heavy atom. The second-order valence-electron chi connectivity index (χ2n) is 6.48. The number of benzene rings is 1. The molecule has 0 aliphatic rings. The van der Waals surface area contributed by atoms with E-state index in [1.165, 1.54) is 0 Å². The van der Waals surface area contributed by atoms with E-state index in [0.717, 1.165) is 11.4 Å². The van der Waals surface area contributed by atoms with E-state index in [1.54, 1.807) is 10.9 Å². The number of aryl methyl sites for hydroxylation is 1. The topological polar surface area (TPSA) is 76.0 Å². The zero-order valence-electron chi connectivity index (χ0n) is 14.5. The second kappa shape index (κ2) is 7.61. The molecule has 2 aromatic rings. The maximum Gasteiger partial charge on any atom is 0.319 e. The lowest BCUT2D eigenvalue weighted by Crippen LogP contribution is -2.35. The molecule has 0 aliphatic carbocycles. The monoisotopic (exact) mass is 348 g/mol. The van der Waals surface area contributed by atoms with Gasteiger partial charge in [0.2, 0.25) is 0 Å². The number of urea groups is 1. The van der Waals surface area contributed by atoms with E-state index in [1.807, 2.05) is 58.0 Å². The van der Waals surface area contributed by atoms with Gasteiger partial charge in [-0.25, -0.2) is 9.48 Å². The highest BCUT2D eigenvalue weighted by Crippen LogP contribution is 2.15. The van der Waals surface area contributed by atoms with Crippen molar-refractivity contribution in [2.75, 3.05) is 17.6 Å². The smallest absolute Gasteiger partial charge is 0.319 e. The molecule has 24 heavy (non-hydrogen) atoms. The predicted octanol–water partition coefficient (Wildman–Crippen LogP) is 2.85. The summed E-state index contributed by atoms with van der Waals surface area (Å²) in [5.41, 5.74) is 2.57. The van der Waals surface area contributed by atoms with Gasteiger partial charge in [-0.3, -0.25) is 4.21 Å². The zero-order valence-corrected chi connectivity index (χ0v) is 15.3. The minimum absolute atomic E-state index is 0.270. The van der Waals surface area contributed by atoms with Crippen LogP contribution < -0.4 is 10.6 Å². The van der Waals surface area contributed by atoms with Crippen LogP contribution in [0.3, 0.4) is 0 Å². The van der Waals surface area contributed by atoms with Crippen LogP contribution in [-0.4, -0.2) is 37.1 Å². The van der Waals surface area contributed by atoms with Gasteiger partial charge < -0.3 is 10.6 Å². The summed E-state index contributed by atoms with van der Waals surface area (Å²) in [7, 11) is -0.981. The van der Waals surface area contributed by atoms with E-state index in [0.29, 0.717) is 18.0 Å². The molecule has 1 aromatic heterocycles. The van der Waals surface area contributed by atoms with Gasteiger partial charge in [0.05, 0.1) is 5.69 Å². The summed E-state index contributed by atoms with van der Waals surface area (Å²) < 4.78 is 13.5. The first-order valence-electron chi connectivity index (χ1n) is 7.82. The average Bonchev–Trinajstić information content (AvgIpc) is 2.92. The molecule has 1 atom stereocenters. The lowest BCUT2D eigenvalue weighted by molar-refractivity contribution is 0.252. The van der Waals surface area contributed by atoms with E-state index in [-0.39, 0.29) is 10.8 Å². The Bertz CT molecular complexity index is 734. The molecule has 2 rings (SSSR count). The minimum atomic E-state index is -0.981. The highest BCUT2D eigenvalue weighted by atomic mass is 32.2. The molecule has 130 valence electrons. The molecule has 0 radical (unpaired) electrons. The first-order valence-corrected chi connectivity index (χ1v) is 9.13. The third-order valence-electron chi connectivity index (χ3n) is 3.44. The third kappa shape index (κ3) is 4.92. The van der Waals surface area contributed by atoms with Crippen molar-refractivity contribution in [3.05, 3.63) is 42.2 Å². The Hall–Kier alpha value is -2.15. The number of anilines is 1. The summed E-state index contributed by atoms with van der Waals surface area (Å²) in [4.78, 5) is 12.0. The fraction of sp³-hybridized carbons (Fsp3) is 0.412. The Morgan fingerprint density at radius 3 is 2.67 bits per heavy atom. The van der Waals surface area contributed by atoms with Crippen molar-refractivity contribution in [3.63, 3.8) is 0 Å². The van der Waals surface area contributed by atoms with E-state index in [2.05, 4.69) is 15.7 Å². The molecule has 7 heteroatoms. The SMILES string of the molecule is Cc1ccnn1-c1cccc(NC(=O)NCCS(=O)C(C)(C)C)c1. The van der Waals surface area contributed by atoms with Crippen molar-refractivity contribution in [2.24, 2.45) is 0 Å². The number of hydrogen-bond acceptors (Lipinski definition) is 3. The zero-order chi connectivity index (χ0) is 17.7. The van der Waals surface area contributed by atoms with Crippen LogP contribution in [0.2, 0.25) is 0 Å². The fourth-order valence-corrected chi connectivity index (χ4v) is 2.99. The van der Waals surface area contributed by atoms with Crippen LogP contribution in [0.4, 0.5) is 10.5 Å². The van der Waals surface area contributed by atoms with Crippen molar-refractivity contribution in [1.82, 2.24) is 15.1 Å². The van der Waals surface area contributed by atoms with Gasteiger partial charge in [-0.15, -0.1) is 0 Å². The van der Waals surface area contributed by atoms with Crippen LogP contribution in [0.25, 0.3) is 5.69 Å². The van der Waals surface area contributed by atoms with Gasteiger partial charge in [0.25, 0.3) is 0 Å². The Kier molecular flexibility index (Phi) is 5.77. The van der Waals surface area contributed by atoms with E-state index in [9.17, 15) is 9.00 Å². The maximum absolute atomic E-state index is 12.0. The van der Waals surface area contributed by atoms with Crippen LogP contribution in [-0.2, 0) is 10.8 Å². The summed E-state index contributed by atoms with van der Waals surface area (Å²) in [5.74, 6) is 0.434. The van der Waals surface area contributed by atoms with Crippen LogP contribution in [0.1, 0.15) is 26.5 Å². The van der Waals surface area contributed by atoms with Crippen LogP contribution >= 0.6 is 0 Å². The normalized spacial score (nSPS) is 12.7. The second-order valence-corrected chi connectivity index (χ2v) is 8.80. The molecule has 0 fully saturated rings. The molecule has 2 N–H and O–H groups in total. The van der Waals surface area contributed by atoms with Crippen molar-refractivity contribution >= 4 is 22.5 Å². The first kappa shape index (κ1) is 18.2. The van der Waals surface area contributed by atoms with Crippen molar-refractivity contribution in [1.29, 1.82) is 0 Å². The molecule has 1 unspecified atom stereocenters. The summed E-state index contributed by atoms with van der Waals surface area (Å²) in [6.45, 7) is 8.10. The van der Waals surface area contributed by atoms with Crippen molar-refractivity contribution in [2.45, 2.75) is 32.4 Å². The van der Waals surface area contributed by atoms with Gasteiger partial charge in [-0.05, 0) is 52.0 Å². The molecule has 0 saturated carbocycles. The summed E-state index contributed by atoms with van der Waals surface area (Å²) in [6, 6.07) is 9.07. The first-order chi connectivity index (χ1) is 11.3. The summed E-state index contributed by atoms with van der Waals surface area (Å²) >= 11 is 0. The average molecular weight is 348 g/mol. The summed E-state index contributed by atoms with van der Waals surface area (Å²) in [6.07, 6.45) is 1.73. The lowest BCUT2D eigenvalue weighted by atomic mass is 10.2. The molecule has 1 aromatic carbocycles. The largest absolute Gasteiger partial charge is 0.337 e. The summed E-state index contributed by atoms with van der Waals surface area (Å²) in [5, 5.41) is 9.77. The number of hydrogen-bond donors (Lipinski definition) is 2. The standard InChI is InChI=1S/C17H24N4O2S/c1-13-8-9-19-21(13)15-7-5-6-14(12-15)20-16(22)18-10-11-24(23)17(2,3)4/h5-9,12H,10-11H2,1-4H3,(H2,18,20,22). The quantitative estimate of drug-likeness (QED) is 0.872. The van der Waals surface area contributed by atoms with Gasteiger partial charge >= 0.3 is 6.03 Å².